The van der Waals surface area contributed by atoms with Gasteiger partial charge in [0.25, 0.3) is 11.8 Å². The molecule has 0 radical (unpaired) electrons. The van der Waals surface area contributed by atoms with Gasteiger partial charge < -0.3 is 10.6 Å². The van der Waals surface area contributed by atoms with E-state index in [4.69, 9.17) is 23.2 Å². The van der Waals surface area contributed by atoms with Crippen molar-refractivity contribution in [3.8, 4) is 17.2 Å². The molecule has 8 rings (SSSR count). The summed E-state index contributed by atoms with van der Waals surface area (Å²) < 4.78 is 15.9. The molecule has 1 aliphatic heterocycles. The summed E-state index contributed by atoms with van der Waals surface area (Å²) >= 11 is 12.2. The van der Waals surface area contributed by atoms with Crippen LogP contribution in [-0.4, -0.2) is 53.0 Å². The van der Waals surface area contributed by atoms with Crippen LogP contribution in [0.3, 0.4) is 0 Å². The number of imidazole rings is 1. The molecule has 2 saturated carbocycles. The first-order valence-electron chi connectivity index (χ1n) is 16.0. The lowest BCUT2D eigenvalue weighted by Gasteiger charge is -2.27. The molecule has 1 atom stereocenters. The van der Waals surface area contributed by atoms with Crippen molar-refractivity contribution in [1.82, 2.24) is 40.3 Å². The van der Waals surface area contributed by atoms with Gasteiger partial charge in [-0.2, -0.15) is 10.4 Å². The molecule has 0 saturated heterocycles. The number of hydrogen-bond acceptors (Lipinski definition) is 8. The molecular formula is C35H27Cl2FN10O3. The Kier molecular flexibility index (Phi) is 7.48. The van der Waals surface area contributed by atoms with E-state index in [0.29, 0.717) is 42.6 Å². The quantitative estimate of drug-likeness (QED) is 0.176. The number of amides is 3. The number of nitriles is 1. The molecule has 0 bridgehead atoms. The van der Waals surface area contributed by atoms with E-state index in [-0.39, 0.29) is 39.7 Å². The summed E-state index contributed by atoms with van der Waals surface area (Å²) in [5, 5.41) is 21.4. The molecule has 256 valence electrons. The van der Waals surface area contributed by atoms with Crippen molar-refractivity contribution in [2.45, 2.75) is 55.6 Å². The number of aromatic amines is 1. The zero-order valence-electron chi connectivity index (χ0n) is 26.9. The SMILES string of the molecule is C[C@@]1(Cc2ccc(C#N)cc2)C(=O)N(c2cc(Cl)c(F)c(Cl)c2)c2ncc(C(=O)NC3(C(=O)NC4(c5ncc(-c6cn[nH]c6)cn5)CC4)CC3)n21. The predicted molar refractivity (Wildman–Crippen MR) is 182 cm³/mol. The number of hydrogen-bond donors (Lipinski definition) is 3. The maximum atomic E-state index is 14.4. The van der Waals surface area contributed by atoms with E-state index in [1.807, 2.05) is 0 Å². The third-order valence-corrected chi connectivity index (χ3v) is 10.3. The molecule has 3 aliphatic rings. The smallest absolute Gasteiger partial charge is 0.270 e. The van der Waals surface area contributed by atoms with Gasteiger partial charge in [-0.15, -0.1) is 0 Å². The predicted octanol–water partition coefficient (Wildman–Crippen LogP) is 5.08. The fourth-order valence-electron chi connectivity index (χ4n) is 6.54. The zero-order chi connectivity index (χ0) is 35.7. The van der Waals surface area contributed by atoms with Gasteiger partial charge in [0.05, 0.1) is 39.8 Å². The number of nitrogens with one attached hydrogen (secondary N) is 3. The summed E-state index contributed by atoms with van der Waals surface area (Å²) in [7, 11) is 0. The van der Waals surface area contributed by atoms with Crippen molar-refractivity contribution in [2.24, 2.45) is 0 Å². The van der Waals surface area contributed by atoms with E-state index >= 15 is 0 Å². The Balaban J connectivity index is 1.08. The summed E-state index contributed by atoms with van der Waals surface area (Å²) in [5.74, 6) is -1.71. The first-order valence-corrected chi connectivity index (χ1v) is 16.8. The summed E-state index contributed by atoms with van der Waals surface area (Å²) in [6.07, 6.45) is 10.3. The van der Waals surface area contributed by atoms with E-state index < -0.39 is 34.2 Å². The zero-order valence-corrected chi connectivity index (χ0v) is 28.4. The fraction of sp³-hybridized carbons (Fsp3) is 0.257. The summed E-state index contributed by atoms with van der Waals surface area (Å²) in [4.78, 5) is 57.0. The molecule has 2 aliphatic carbocycles. The number of anilines is 2. The molecule has 51 heavy (non-hydrogen) atoms. The molecule has 2 fully saturated rings. The number of carbonyl (C=O) groups is 3. The number of carbonyl (C=O) groups excluding carboxylic acids is 3. The average molecular weight is 726 g/mol. The van der Waals surface area contributed by atoms with Gasteiger partial charge in [0.15, 0.2) is 11.6 Å². The van der Waals surface area contributed by atoms with E-state index in [9.17, 15) is 24.0 Å². The highest BCUT2D eigenvalue weighted by molar-refractivity contribution is 6.35. The minimum atomic E-state index is -1.42. The first-order chi connectivity index (χ1) is 24.5. The third-order valence-electron chi connectivity index (χ3n) is 9.74. The van der Waals surface area contributed by atoms with Crippen molar-refractivity contribution in [2.75, 3.05) is 4.90 Å². The Morgan fingerprint density at radius 2 is 1.67 bits per heavy atom. The molecule has 3 aromatic heterocycles. The molecule has 5 aromatic rings. The summed E-state index contributed by atoms with van der Waals surface area (Å²) in [6.45, 7) is 1.66. The van der Waals surface area contributed by atoms with Crippen molar-refractivity contribution in [3.63, 3.8) is 0 Å². The van der Waals surface area contributed by atoms with E-state index in [2.05, 4.69) is 41.9 Å². The van der Waals surface area contributed by atoms with Gasteiger partial charge in [-0.05, 0) is 62.4 Å². The van der Waals surface area contributed by atoms with Gasteiger partial charge in [-0.1, -0.05) is 35.3 Å². The van der Waals surface area contributed by atoms with Crippen LogP contribution in [0.4, 0.5) is 16.0 Å². The number of H-pyrrole nitrogens is 1. The largest absolute Gasteiger partial charge is 0.341 e. The van der Waals surface area contributed by atoms with Crippen LogP contribution in [0.2, 0.25) is 10.0 Å². The van der Waals surface area contributed by atoms with E-state index in [0.717, 1.165) is 11.1 Å². The lowest BCUT2D eigenvalue weighted by molar-refractivity contribution is -0.125. The van der Waals surface area contributed by atoms with Gasteiger partial charge in [0.1, 0.15) is 22.3 Å². The normalized spacial score (nSPS) is 19.3. The van der Waals surface area contributed by atoms with Crippen LogP contribution in [-0.2, 0) is 27.1 Å². The number of fused-ring (bicyclic) bond motifs is 1. The lowest BCUT2D eigenvalue weighted by atomic mass is 9.91. The molecular weight excluding hydrogens is 698 g/mol. The second kappa shape index (κ2) is 11.7. The van der Waals surface area contributed by atoms with Crippen LogP contribution in [0.5, 0.6) is 0 Å². The van der Waals surface area contributed by atoms with Crippen LogP contribution in [0.15, 0.2) is 67.4 Å². The Hall–Kier alpha value is -5.65. The molecule has 3 N–H and O–H groups in total. The molecule has 2 aromatic carbocycles. The van der Waals surface area contributed by atoms with Gasteiger partial charge in [-0.25, -0.2) is 24.2 Å². The van der Waals surface area contributed by atoms with Crippen LogP contribution >= 0.6 is 23.2 Å². The second-order valence-electron chi connectivity index (χ2n) is 13.3. The van der Waals surface area contributed by atoms with Gasteiger partial charge in [0, 0.05) is 36.1 Å². The Labute approximate surface area is 299 Å². The second-order valence-corrected chi connectivity index (χ2v) is 14.1. The Morgan fingerprint density at radius 3 is 2.25 bits per heavy atom. The summed E-state index contributed by atoms with van der Waals surface area (Å²) in [5.41, 5.74) is -0.376. The molecule has 16 heteroatoms. The Bertz CT molecular complexity index is 2250. The highest BCUT2D eigenvalue weighted by atomic mass is 35.5. The molecule has 0 unspecified atom stereocenters. The van der Waals surface area contributed by atoms with Gasteiger partial charge in [0.2, 0.25) is 11.9 Å². The number of aromatic nitrogens is 6. The molecule has 0 spiro atoms. The maximum absolute atomic E-state index is 14.4. The van der Waals surface area contributed by atoms with Crippen LogP contribution in [0, 0.1) is 17.1 Å². The van der Waals surface area contributed by atoms with Gasteiger partial charge >= 0.3 is 0 Å². The van der Waals surface area contributed by atoms with Crippen LogP contribution < -0.4 is 15.5 Å². The van der Waals surface area contributed by atoms with E-state index in [1.54, 1.807) is 56.0 Å². The molecule has 3 amide bonds. The molecule has 4 heterocycles. The minimum Gasteiger partial charge on any atom is -0.341 e. The van der Waals surface area contributed by atoms with E-state index in [1.165, 1.54) is 27.8 Å². The van der Waals surface area contributed by atoms with Crippen LogP contribution in [0.1, 0.15) is 60.0 Å². The minimum absolute atomic E-state index is 0.0367. The first kappa shape index (κ1) is 32.5. The standard InChI is InChI=1S/C35H27Cl2FN10O3/c1-33(12-19-2-4-20(13-39)5-3-19)31(51)47(23-10-24(36)27(38)25(37)11-23)32-42-18-26(48(32)33)28(49)45-35(8-9-35)30(50)46-34(6-7-34)29-40-14-21(15-41-29)22-16-43-44-17-22/h2-5,10-11,14-18H,6-9,12H2,1H3,(H,43,44)(H,45,49)(H,46,50)/t33-/m1/s1. The number of halogens is 3. The van der Waals surface area contributed by atoms with Gasteiger partial charge in [-0.3, -0.25) is 24.0 Å². The highest BCUT2D eigenvalue weighted by Crippen LogP contribution is 2.47. The van der Waals surface area contributed by atoms with Crippen molar-refractivity contribution >= 4 is 52.6 Å². The van der Waals surface area contributed by atoms with Crippen LogP contribution in [0.25, 0.3) is 11.1 Å². The average Bonchev–Trinajstić information content (AvgIpc) is 3.93. The maximum Gasteiger partial charge on any atom is 0.270 e. The fourth-order valence-corrected chi connectivity index (χ4v) is 7.02. The van der Waals surface area contributed by atoms with Crippen molar-refractivity contribution in [3.05, 3.63) is 106 Å². The number of nitrogens with zero attached hydrogens (tertiary/aromatic N) is 7. The molecule has 13 nitrogen and oxygen atoms in total. The topological polar surface area (TPSA) is 175 Å². The number of rotatable bonds is 9. The van der Waals surface area contributed by atoms with Crippen molar-refractivity contribution < 1.29 is 18.8 Å². The number of benzene rings is 2. The summed E-state index contributed by atoms with van der Waals surface area (Å²) in [6, 6.07) is 11.3. The monoisotopic (exact) mass is 724 g/mol. The third kappa shape index (κ3) is 5.40. The Morgan fingerprint density at radius 1 is 0.980 bits per heavy atom. The van der Waals surface area contributed by atoms with Crippen molar-refractivity contribution in [1.29, 1.82) is 5.26 Å². The highest BCUT2D eigenvalue weighted by Gasteiger charge is 2.58. The lowest BCUT2D eigenvalue weighted by Crippen LogP contribution is -2.52.